The Balaban J connectivity index is 2.73. The molecule has 1 aromatic carbocycles. The Kier molecular flexibility index (Phi) is 6.50. The summed E-state index contributed by atoms with van der Waals surface area (Å²) in [5, 5.41) is 13.9. The number of allylic oxidation sites excluding steroid dienone is 2. The van der Waals surface area contributed by atoms with Gasteiger partial charge in [0.2, 0.25) is 0 Å². The third-order valence-corrected chi connectivity index (χ3v) is 4.16. The molecule has 0 radical (unpaired) electrons. The van der Waals surface area contributed by atoms with Gasteiger partial charge >= 0.3 is 11.9 Å². The molecule has 0 aliphatic carbocycles. The van der Waals surface area contributed by atoms with E-state index in [1.807, 2.05) is 0 Å². The van der Waals surface area contributed by atoms with E-state index in [1.165, 1.54) is 24.3 Å². The fourth-order valence-corrected chi connectivity index (χ4v) is 3.05. The van der Waals surface area contributed by atoms with Crippen molar-refractivity contribution in [3.63, 3.8) is 0 Å². The summed E-state index contributed by atoms with van der Waals surface area (Å²) in [5.41, 5.74) is 0.205. The first-order valence-electron chi connectivity index (χ1n) is 8.51. The fraction of sp³-hybridized carbons (Fsp3) is 0.368. The van der Waals surface area contributed by atoms with E-state index in [0.717, 1.165) is 7.11 Å². The number of rotatable bonds is 6. The van der Waals surface area contributed by atoms with Gasteiger partial charge in [0.25, 0.3) is 5.69 Å². The topological polar surface area (TPSA) is 108 Å². The van der Waals surface area contributed by atoms with Gasteiger partial charge in [-0.05, 0) is 26.3 Å². The van der Waals surface area contributed by atoms with Crippen LogP contribution in [-0.4, -0.2) is 36.8 Å². The summed E-state index contributed by atoms with van der Waals surface area (Å²) in [6, 6.07) is 5.48. The van der Waals surface area contributed by atoms with Crippen molar-refractivity contribution in [1.29, 1.82) is 0 Å². The van der Waals surface area contributed by atoms with Gasteiger partial charge in [0.15, 0.2) is 0 Å². The second kappa shape index (κ2) is 8.64. The molecule has 0 aromatic heterocycles. The lowest BCUT2D eigenvalue weighted by molar-refractivity contribution is -0.384. The van der Waals surface area contributed by atoms with E-state index in [9.17, 15) is 24.1 Å². The SMILES string of the molecule is COC(=O)C1=C(CF)NC(C)=C(C(=O)OC(C)C)C1c1cccc([N+](=O)[O-])c1. The van der Waals surface area contributed by atoms with Gasteiger partial charge in [-0.15, -0.1) is 0 Å². The van der Waals surface area contributed by atoms with Gasteiger partial charge in [-0.3, -0.25) is 10.1 Å². The quantitative estimate of drug-likeness (QED) is 0.450. The number of esters is 2. The summed E-state index contributed by atoms with van der Waals surface area (Å²) in [6.45, 7) is 3.86. The number of alkyl halides is 1. The zero-order valence-corrected chi connectivity index (χ0v) is 15.9. The van der Waals surface area contributed by atoms with Crippen LogP contribution < -0.4 is 5.32 Å². The zero-order valence-electron chi connectivity index (χ0n) is 15.9. The van der Waals surface area contributed by atoms with E-state index in [4.69, 9.17) is 9.47 Å². The maximum absolute atomic E-state index is 13.7. The van der Waals surface area contributed by atoms with Crippen molar-refractivity contribution in [1.82, 2.24) is 5.32 Å². The monoisotopic (exact) mass is 392 g/mol. The van der Waals surface area contributed by atoms with Crippen LogP contribution in [0, 0.1) is 10.1 Å². The molecule has 1 aliphatic rings. The van der Waals surface area contributed by atoms with Crippen LogP contribution in [-0.2, 0) is 19.1 Å². The molecular formula is C19H21FN2O6. The van der Waals surface area contributed by atoms with Crippen LogP contribution in [0.2, 0.25) is 0 Å². The Morgan fingerprint density at radius 2 is 1.96 bits per heavy atom. The number of hydrogen-bond acceptors (Lipinski definition) is 7. The molecule has 1 unspecified atom stereocenters. The van der Waals surface area contributed by atoms with Gasteiger partial charge in [0.1, 0.15) is 6.67 Å². The second-order valence-corrected chi connectivity index (χ2v) is 6.42. The van der Waals surface area contributed by atoms with Gasteiger partial charge < -0.3 is 14.8 Å². The molecule has 8 nitrogen and oxygen atoms in total. The molecule has 1 aromatic rings. The lowest BCUT2D eigenvalue weighted by Gasteiger charge is -2.30. The van der Waals surface area contributed by atoms with E-state index in [2.05, 4.69) is 5.32 Å². The highest BCUT2D eigenvalue weighted by molar-refractivity contribution is 6.00. The van der Waals surface area contributed by atoms with Crippen molar-refractivity contribution < 1.29 is 28.4 Å². The molecule has 1 aliphatic heterocycles. The van der Waals surface area contributed by atoms with Crippen molar-refractivity contribution in [3.8, 4) is 0 Å². The van der Waals surface area contributed by atoms with Gasteiger partial charge in [0.05, 0.1) is 40.9 Å². The highest BCUT2D eigenvalue weighted by Crippen LogP contribution is 2.40. The lowest BCUT2D eigenvalue weighted by Crippen LogP contribution is -2.34. The number of nitrogens with zero attached hydrogens (tertiary/aromatic N) is 1. The number of non-ortho nitro benzene ring substituents is 1. The summed E-state index contributed by atoms with van der Waals surface area (Å²) >= 11 is 0. The van der Waals surface area contributed by atoms with E-state index in [-0.39, 0.29) is 28.1 Å². The van der Waals surface area contributed by atoms with Gasteiger partial charge in [-0.1, -0.05) is 12.1 Å². The molecule has 1 N–H and O–H groups in total. The number of carbonyl (C=O) groups excluding carboxylic acids is 2. The molecule has 2 rings (SSSR count). The van der Waals surface area contributed by atoms with Crippen LogP contribution in [0.5, 0.6) is 0 Å². The molecule has 0 amide bonds. The predicted octanol–water partition coefficient (Wildman–Crippen LogP) is 2.90. The number of carbonyl (C=O) groups is 2. The van der Waals surface area contributed by atoms with Gasteiger partial charge in [0, 0.05) is 17.8 Å². The zero-order chi connectivity index (χ0) is 21.0. The average Bonchev–Trinajstić information content (AvgIpc) is 2.65. The Morgan fingerprint density at radius 1 is 1.29 bits per heavy atom. The van der Waals surface area contributed by atoms with E-state index in [0.29, 0.717) is 5.70 Å². The molecule has 0 saturated heterocycles. The van der Waals surface area contributed by atoms with Crippen LogP contribution in [0.4, 0.5) is 10.1 Å². The summed E-state index contributed by atoms with van der Waals surface area (Å²) < 4.78 is 23.7. The maximum Gasteiger partial charge on any atom is 0.337 e. The van der Waals surface area contributed by atoms with Crippen molar-refractivity contribution in [2.24, 2.45) is 0 Å². The number of benzene rings is 1. The highest BCUT2D eigenvalue weighted by Gasteiger charge is 2.39. The van der Waals surface area contributed by atoms with E-state index < -0.39 is 35.6 Å². The van der Waals surface area contributed by atoms with Crippen LogP contribution in [0.15, 0.2) is 46.8 Å². The molecule has 0 bridgehead atoms. The number of dihydropyridines is 1. The summed E-state index contributed by atoms with van der Waals surface area (Å²) in [5.74, 6) is -2.64. The van der Waals surface area contributed by atoms with Crippen LogP contribution in [0.25, 0.3) is 0 Å². The standard InChI is InChI=1S/C19H21FN2O6/c1-10(2)28-19(24)15-11(3)21-14(9-20)17(18(23)27-4)16(15)12-6-5-7-13(8-12)22(25)26/h5-8,10,16,21H,9H2,1-4H3. The first-order chi connectivity index (χ1) is 13.2. The molecule has 9 heteroatoms. The van der Waals surface area contributed by atoms with E-state index >= 15 is 0 Å². The fourth-order valence-electron chi connectivity index (χ4n) is 3.05. The third kappa shape index (κ3) is 4.19. The Hall–Kier alpha value is -3.23. The molecule has 0 saturated carbocycles. The third-order valence-electron chi connectivity index (χ3n) is 4.16. The first kappa shape index (κ1) is 21.1. The average molecular weight is 392 g/mol. The molecule has 28 heavy (non-hydrogen) atoms. The maximum atomic E-state index is 13.7. The lowest BCUT2D eigenvalue weighted by atomic mass is 9.80. The van der Waals surface area contributed by atoms with Crippen molar-refractivity contribution in [2.75, 3.05) is 13.8 Å². The van der Waals surface area contributed by atoms with Crippen molar-refractivity contribution in [3.05, 3.63) is 62.5 Å². The van der Waals surface area contributed by atoms with Crippen molar-refractivity contribution in [2.45, 2.75) is 32.8 Å². The highest BCUT2D eigenvalue weighted by atomic mass is 19.1. The molecule has 0 spiro atoms. The Bertz CT molecular complexity index is 875. The number of ether oxygens (including phenoxy) is 2. The number of hydrogen-bond donors (Lipinski definition) is 1. The molecule has 0 fully saturated rings. The van der Waals surface area contributed by atoms with Crippen LogP contribution in [0.3, 0.4) is 0 Å². The van der Waals surface area contributed by atoms with Crippen LogP contribution in [0.1, 0.15) is 32.3 Å². The minimum atomic E-state index is -1.08. The van der Waals surface area contributed by atoms with E-state index in [1.54, 1.807) is 20.8 Å². The molecule has 1 atom stereocenters. The predicted molar refractivity (Wildman–Crippen MR) is 97.9 cm³/mol. The number of nitro benzene ring substituents is 1. The van der Waals surface area contributed by atoms with Gasteiger partial charge in [-0.25, -0.2) is 14.0 Å². The second-order valence-electron chi connectivity index (χ2n) is 6.42. The normalized spacial score (nSPS) is 16.7. The number of nitrogens with one attached hydrogen (secondary N) is 1. The Labute approximate surface area is 161 Å². The van der Waals surface area contributed by atoms with Crippen LogP contribution >= 0.6 is 0 Å². The molecule has 150 valence electrons. The summed E-state index contributed by atoms with van der Waals surface area (Å²) in [4.78, 5) is 35.8. The number of nitro groups is 1. The van der Waals surface area contributed by atoms with Crippen molar-refractivity contribution >= 4 is 17.6 Å². The largest absolute Gasteiger partial charge is 0.466 e. The first-order valence-corrected chi connectivity index (χ1v) is 8.51. The summed E-state index contributed by atoms with van der Waals surface area (Å²) in [6.07, 6.45) is -0.438. The van der Waals surface area contributed by atoms with Gasteiger partial charge in [-0.2, -0.15) is 0 Å². The minimum Gasteiger partial charge on any atom is -0.466 e. The number of methoxy groups -OCH3 is 1. The smallest absolute Gasteiger partial charge is 0.337 e. The molecular weight excluding hydrogens is 371 g/mol. The Morgan fingerprint density at radius 3 is 2.50 bits per heavy atom. The minimum absolute atomic E-state index is 0.0618. The molecule has 1 heterocycles. The summed E-state index contributed by atoms with van der Waals surface area (Å²) in [7, 11) is 1.13. The number of halogens is 1.